The van der Waals surface area contributed by atoms with E-state index in [0.29, 0.717) is 11.4 Å². The number of nitrogens with zero attached hydrogens (tertiary/aromatic N) is 2. The van der Waals surface area contributed by atoms with Crippen molar-refractivity contribution in [2.24, 2.45) is 0 Å². The van der Waals surface area contributed by atoms with Crippen molar-refractivity contribution in [2.75, 3.05) is 13.1 Å². The maximum Gasteiger partial charge on any atom is 0.316 e. The molecule has 3 aromatic rings. The lowest BCUT2D eigenvalue weighted by Gasteiger charge is -2.06. The largest absolute Gasteiger partial charge is 0.350 e. The maximum atomic E-state index is 12.1. The van der Waals surface area contributed by atoms with Gasteiger partial charge in [-0.1, -0.05) is 46.6 Å². The number of hydrogen-bond acceptors (Lipinski definition) is 5. The van der Waals surface area contributed by atoms with Gasteiger partial charge in [-0.3, -0.25) is 9.59 Å². The number of carbonyl (C=O) groups excluding carboxylic acids is 2. The van der Waals surface area contributed by atoms with Crippen LogP contribution in [-0.4, -0.2) is 35.0 Å². The van der Waals surface area contributed by atoms with E-state index in [2.05, 4.69) is 20.8 Å². The fourth-order valence-electron chi connectivity index (χ4n) is 2.45. The summed E-state index contributed by atoms with van der Waals surface area (Å²) < 4.78 is 5.02. The van der Waals surface area contributed by atoms with Crippen LogP contribution in [0.3, 0.4) is 0 Å². The van der Waals surface area contributed by atoms with E-state index in [1.165, 1.54) is 0 Å². The molecule has 0 saturated heterocycles. The van der Waals surface area contributed by atoms with Gasteiger partial charge in [-0.05, 0) is 32.0 Å². The summed E-state index contributed by atoms with van der Waals surface area (Å²) >= 11 is 0. The van der Waals surface area contributed by atoms with Crippen LogP contribution >= 0.6 is 0 Å². The van der Waals surface area contributed by atoms with Gasteiger partial charge >= 0.3 is 11.8 Å². The molecule has 1 heterocycles. The van der Waals surface area contributed by atoms with Crippen molar-refractivity contribution < 1.29 is 14.1 Å². The molecule has 27 heavy (non-hydrogen) atoms. The SMILES string of the molecule is Cc1ccc(C(=O)NCCNC(=O)c2nc(-c3cccc(C)c3)no2)cc1. The third-order valence-electron chi connectivity index (χ3n) is 3.91. The number of carbonyl (C=O) groups is 2. The van der Waals surface area contributed by atoms with Crippen LogP contribution in [0.2, 0.25) is 0 Å². The summed E-state index contributed by atoms with van der Waals surface area (Å²) in [4.78, 5) is 28.2. The fourth-order valence-corrected chi connectivity index (χ4v) is 2.45. The molecular weight excluding hydrogens is 344 g/mol. The highest BCUT2D eigenvalue weighted by atomic mass is 16.5. The smallest absolute Gasteiger partial charge is 0.316 e. The molecule has 0 bridgehead atoms. The molecule has 7 nitrogen and oxygen atoms in total. The molecule has 0 aliphatic carbocycles. The number of aryl methyl sites for hydroxylation is 2. The molecule has 0 saturated carbocycles. The van der Waals surface area contributed by atoms with Crippen LogP contribution in [0.5, 0.6) is 0 Å². The topological polar surface area (TPSA) is 97.1 Å². The summed E-state index contributed by atoms with van der Waals surface area (Å²) in [5.41, 5.74) is 3.51. The van der Waals surface area contributed by atoms with Crippen LogP contribution in [-0.2, 0) is 0 Å². The zero-order chi connectivity index (χ0) is 19.2. The quantitative estimate of drug-likeness (QED) is 0.655. The minimum Gasteiger partial charge on any atom is -0.350 e. The Hall–Kier alpha value is -3.48. The van der Waals surface area contributed by atoms with Crippen molar-refractivity contribution >= 4 is 11.8 Å². The van der Waals surface area contributed by atoms with E-state index in [1.54, 1.807) is 12.1 Å². The van der Waals surface area contributed by atoms with Crippen molar-refractivity contribution in [3.05, 3.63) is 71.1 Å². The molecule has 2 aromatic carbocycles. The second-order valence-electron chi connectivity index (χ2n) is 6.17. The molecule has 0 radical (unpaired) electrons. The molecule has 0 atom stereocenters. The van der Waals surface area contributed by atoms with Crippen molar-refractivity contribution in [2.45, 2.75) is 13.8 Å². The predicted octanol–water partition coefficient (Wildman–Crippen LogP) is 2.51. The van der Waals surface area contributed by atoms with E-state index in [0.717, 1.165) is 16.7 Å². The Kier molecular flexibility index (Phi) is 5.61. The number of hydrogen-bond donors (Lipinski definition) is 2. The molecule has 7 heteroatoms. The third kappa shape index (κ3) is 4.78. The molecule has 1 aromatic heterocycles. The van der Waals surface area contributed by atoms with Gasteiger partial charge in [0.05, 0.1) is 0 Å². The number of nitrogens with one attached hydrogen (secondary N) is 2. The highest BCUT2D eigenvalue weighted by Gasteiger charge is 2.15. The Labute approximate surface area is 156 Å². The summed E-state index contributed by atoms with van der Waals surface area (Å²) in [5, 5.41) is 9.22. The van der Waals surface area contributed by atoms with Crippen molar-refractivity contribution in [3.63, 3.8) is 0 Å². The second kappa shape index (κ2) is 8.27. The van der Waals surface area contributed by atoms with Gasteiger partial charge in [0, 0.05) is 24.2 Å². The molecule has 0 spiro atoms. The van der Waals surface area contributed by atoms with E-state index in [1.807, 2.05) is 50.2 Å². The van der Waals surface area contributed by atoms with Crippen molar-refractivity contribution in [1.82, 2.24) is 20.8 Å². The fraction of sp³-hybridized carbons (Fsp3) is 0.200. The van der Waals surface area contributed by atoms with Crippen LogP contribution in [0, 0.1) is 13.8 Å². The van der Waals surface area contributed by atoms with Crippen LogP contribution in [0.1, 0.15) is 32.2 Å². The van der Waals surface area contributed by atoms with Crippen LogP contribution < -0.4 is 10.6 Å². The number of rotatable bonds is 6. The molecule has 0 aliphatic rings. The summed E-state index contributed by atoms with van der Waals surface area (Å²) in [6.07, 6.45) is 0. The monoisotopic (exact) mass is 364 g/mol. The van der Waals surface area contributed by atoms with Gasteiger partial charge in [0.2, 0.25) is 5.82 Å². The standard InChI is InChI=1S/C20H20N4O3/c1-13-6-8-15(9-7-13)18(25)21-10-11-22-19(26)20-23-17(24-27-20)16-5-3-4-14(2)12-16/h3-9,12H,10-11H2,1-2H3,(H,21,25)(H,22,26). The zero-order valence-electron chi connectivity index (χ0n) is 15.2. The van der Waals surface area contributed by atoms with Crippen LogP contribution in [0.25, 0.3) is 11.4 Å². The van der Waals surface area contributed by atoms with Gasteiger partial charge in [0.1, 0.15) is 0 Å². The number of benzene rings is 2. The Morgan fingerprint density at radius 3 is 2.33 bits per heavy atom. The molecule has 0 unspecified atom stereocenters. The first-order valence-corrected chi connectivity index (χ1v) is 8.57. The van der Waals surface area contributed by atoms with Gasteiger partial charge < -0.3 is 15.2 Å². The highest BCUT2D eigenvalue weighted by molar-refractivity contribution is 5.94. The van der Waals surface area contributed by atoms with Gasteiger partial charge in [-0.2, -0.15) is 4.98 Å². The Balaban J connectivity index is 1.48. The maximum absolute atomic E-state index is 12.1. The predicted molar refractivity (Wildman–Crippen MR) is 100 cm³/mol. The lowest BCUT2D eigenvalue weighted by atomic mass is 10.1. The molecule has 0 fully saturated rings. The van der Waals surface area contributed by atoms with Crippen LogP contribution in [0.15, 0.2) is 53.1 Å². The average Bonchev–Trinajstić information content (AvgIpc) is 3.16. The average molecular weight is 364 g/mol. The first kappa shape index (κ1) is 18.3. The summed E-state index contributed by atoms with van der Waals surface area (Å²) in [6, 6.07) is 14.9. The Bertz CT molecular complexity index is 948. The van der Waals surface area contributed by atoms with Gasteiger partial charge in [0.25, 0.3) is 5.91 Å². The minimum absolute atomic E-state index is 0.114. The molecule has 2 amide bonds. The highest BCUT2D eigenvalue weighted by Crippen LogP contribution is 2.16. The minimum atomic E-state index is -0.481. The zero-order valence-corrected chi connectivity index (χ0v) is 15.2. The van der Waals surface area contributed by atoms with E-state index in [4.69, 9.17) is 4.52 Å². The summed E-state index contributed by atoms with van der Waals surface area (Å²) in [6.45, 7) is 4.46. The van der Waals surface area contributed by atoms with E-state index < -0.39 is 5.91 Å². The lowest BCUT2D eigenvalue weighted by molar-refractivity contribution is 0.0898. The van der Waals surface area contributed by atoms with Gasteiger partial charge in [0.15, 0.2) is 0 Å². The first-order chi connectivity index (χ1) is 13.0. The summed E-state index contributed by atoms with van der Waals surface area (Å²) in [7, 11) is 0. The van der Waals surface area contributed by atoms with E-state index >= 15 is 0 Å². The van der Waals surface area contributed by atoms with Crippen molar-refractivity contribution in [1.29, 1.82) is 0 Å². The molecule has 138 valence electrons. The van der Waals surface area contributed by atoms with E-state index in [9.17, 15) is 9.59 Å². The van der Waals surface area contributed by atoms with Gasteiger partial charge in [-0.25, -0.2) is 0 Å². The lowest BCUT2D eigenvalue weighted by Crippen LogP contribution is -2.34. The molecule has 2 N–H and O–H groups in total. The van der Waals surface area contributed by atoms with Crippen molar-refractivity contribution in [3.8, 4) is 11.4 Å². The molecule has 3 rings (SSSR count). The number of aromatic nitrogens is 2. The number of amides is 2. The first-order valence-electron chi connectivity index (χ1n) is 8.57. The second-order valence-corrected chi connectivity index (χ2v) is 6.17. The normalized spacial score (nSPS) is 10.4. The Morgan fingerprint density at radius 2 is 1.63 bits per heavy atom. The third-order valence-corrected chi connectivity index (χ3v) is 3.91. The molecule has 0 aliphatic heterocycles. The van der Waals surface area contributed by atoms with Crippen LogP contribution in [0.4, 0.5) is 0 Å². The van der Waals surface area contributed by atoms with Gasteiger partial charge in [-0.15, -0.1) is 0 Å². The van der Waals surface area contributed by atoms with E-state index in [-0.39, 0.29) is 24.9 Å². The summed E-state index contributed by atoms with van der Waals surface area (Å²) in [5.74, 6) is -0.428. The Morgan fingerprint density at radius 1 is 0.926 bits per heavy atom. The molecular formula is C20H20N4O3.